The van der Waals surface area contributed by atoms with Gasteiger partial charge in [-0.25, -0.2) is 9.48 Å². The van der Waals surface area contributed by atoms with Crippen LogP contribution in [-0.2, 0) is 6.42 Å². The number of anilines is 1. The molecule has 0 atom stereocenters. The summed E-state index contributed by atoms with van der Waals surface area (Å²) in [5.41, 5.74) is 2.80. The van der Waals surface area contributed by atoms with Gasteiger partial charge in [0.25, 0.3) is 0 Å². The molecule has 1 aromatic heterocycles. The first-order chi connectivity index (χ1) is 12.7. The minimum Gasteiger partial charge on any atom is -0.494 e. The van der Waals surface area contributed by atoms with Crippen molar-refractivity contribution in [3.8, 4) is 11.4 Å². The number of hydrogen-bond acceptors (Lipinski definition) is 3. The summed E-state index contributed by atoms with van der Waals surface area (Å²) in [5, 5.41) is 10.0. The fourth-order valence-corrected chi connectivity index (χ4v) is 2.51. The minimum atomic E-state index is -0.232. The summed E-state index contributed by atoms with van der Waals surface area (Å²) in [7, 11) is 0. The molecule has 134 valence electrons. The Labute approximate surface area is 152 Å². The van der Waals surface area contributed by atoms with Crippen molar-refractivity contribution in [1.29, 1.82) is 0 Å². The van der Waals surface area contributed by atoms with Crippen LogP contribution in [0.3, 0.4) is 0 Å². The van der Waals surface area contributed by atoms with Crippen LogP contribution in [0.4, 0.5) is 10.5 Å². The summed E-state index contributed by atoms with van der Waals surface area (Å²) in [5.74, 6) is 0.786. The van der Waals surface area contributed by atoms with Crippen molar-refractivity contribution in [2.45, 2.75) is 13.3 Å². The molecule has 1 heterocycles. The largest absolute Gasteiger partial charge is 0.494 e. The second kappa shape index (κ2) is 8.71. The monoisotopic (exact) mass is 350 g/mol. The predicted molar refractivity (Wildman–Crippen MR) is 102 cm³/mol. The molecule has 2 N–H and O–H groups in total. The van der Waals surface area contributed by atoms with Crippen LogP contribution in [-0.4, -0.2) is 29.0 Å². The predicted octanol–water partition coefficient (Wildman–Crippen LogP) is 3.64. The maximum absolute atomic E-state index is 12.0. The first-order valence-corrected chi connectivity index (χ1v) is 8.61. The normalized spacial score (nSPS) is 10.3. The summed E-state index contributed by atoms with van der Waals surface area (Å²) in [6.07, 6.45) is 4.50. The van der Waals surface area contributed by atoms with Crippen molar-refractivity contribution in [2.24, 2.45) is 0 Å². The molecule has 0 fully saturated rings. The van der Waals surface area contributed by atoms with Crippen LogP contribution in [0.25, 0.3) is 5.69 Å². The number of urea groups is 1. The van der Waals surface area contributed by atoms with E-state index < -0.39 is 0 Å². The molecule has 3 aromatic rings. The Morgan fingerprint density at radius 3 is 2.62 bits per heavy atom. The molecule has 6 nitrogen and oxygen atoms in total. The van der Waals surface area contributed by atoms with E-state index in [1.165, 1.54) is 0 Å². The van der Waals surface area contributed by atoms with E-state index in [4.69, 9.17) is 4.74 Å². The number of carbonyl (C=O) groups excluding carboxylic acids is 1. The molecule has 0 spiro atoms. The zero-order valence-corrected chi connectivity index (χ0v) is 14.7. The summed E-state index contributed by atoms with van der Waals surface area (Å²) < 4.78 is 7.21. The highest BCUT2D eigenvalue weighted by atomic mass is 16.5. The first-order valence-electron chi connectivity index (χ1n) is 8.61. The Morgan fingerprint density at radius 1 is 1.12 bits per heavy atom. The van der Waals surface area contributed by atoms with E-state index in [1.54, 1.807) is 0 Å². The lowest BCUT2D eigenvalue weighted by Gasteiger charge is -2.08. The summed E-state index contributed by atoms with van der Waals surface area (Å²) in [6, 6.07) is 17.0. The van der Waals surface area contributed by atoms with Crippen LogP contribution >= 0.6 is 0 Å². The average molecular weight is 350 g/mol. The minimum absolute atomic E-state index is 0.232. The number of nitrogens with one attached hydrogen (secondary N) is 2. The lowest BCUT2D eigenvalue weighted by atomic mass is 10.2. The second-order valence-electron chi connectivity index (χ2n) is 5.72. The third-order valence-electron chi connectivity index (χ3n) is 3.78. The maximum atomic E-state index is 12.0. The van der Waals surface area contributed by atoms with Crippen molar-refractivity contribution < 1.29 is 9.53 Å². The molecular weight excluding hydrogens is 328 g/mol. The van der Waals surface area contributed by atoms with Crippen molar-refractivity contribution >= 4 is 11.7 Å². The number of para-hydroxylation sites is 1. The Balaban J connectivity index is 1.44. The van der Waals surface area contributed by atoms with Gasteiger partial charge < -0.3 is 15.4 Å². The lowest BCUT2D eigenvalue weighted by Crippen LogP contribution is -2.30. The Morgan fingerprint density at radius 2 is 1.88 bits per heavy atom. The molecule has 0 saturated carbocycles. The number of amides is 2. The molecule has 0 aliphatic heterocycles. The Bertz CT molecular complexity index is 829. The highest BCUT2D eigenvalue weighted by Crippen LogP contribution is 2.15. The zero-order valence-electron chi connectivity index (χ0n) is 14.7. The molecule has 0 saturated heterocycles. The first kappa shape index (κ1) is 17.5. The molecule has 0 aliphatic carbocycles. The number of rotatable bonds is 7. The molecule has 0 aliphatic rings. The fourth-order valence-electron chi connectivity index (χ4n) is 2.51. The molecule has 0 radical (unpaired) electrons. The van der Waals surface area contributed by atoms with Crippen molar-refractivity contribution in [3.05, 3.63) is 72.6 Å². The number of aromatic nitrogens is 2. The Kier molecular flexibility index (Phi) is 5.88. The van der Waals surface area contributed by atoms with E-state index in [0.29, 0.717) is 19.6 Å². The number of benzene rings is 2. The number of ether oxygens (including phenoxy) is 1. The molecular formula is C20H22N4O2. The molecule has 0 unspecified atom stereocenters. The smallest absolute Gasteiger partial charge is 0.319 e. The molecule has 0 bridgehead atoms. The number of carbonyl (C=O) groups is 1. The van der Waals surface area contributed by atoms with Crippen LogP contribution < -0.4 is 15.4 Å². The number of nitrogens with zero attached hydrogens (tertiary/aromatic N) is 2. The molecule has 3 rings (SSSR count). The van der Waals surface area contributed by atoms with E-state index >= 15 is 0 Å². The second-order valence-corrected chi connectivity index (χ2v) is 5.72. The quantitative estimate of drug-likeness (QED) is 0.684. The van der Waals surface area contributed by atoms with E-state index in [1.807, 2.05) is 78.6 Å². The van der Waals surface area contributed by atoms with E-state index in [-0.39, 0.29) is 6.03 Å². The van der Waals surface area contributed by atoms with Crippen LogP contribution in [0.2, 0.25) is 0 Å². The van der Waals surface area contributed by atoms with E-state index in [2.05, 4.69) is 15.7 Å². The number of hydrogen-bond donors (Lipinski definition) is 2. The molecule has 26 heavy (non-hydrogen) atoms. The standard InChI is InChI=1S/C20H22N4O2/c1-2-26-19-10-8-17(9-11-19)23-20(25)21-13-12-16-14-22-24(15-16)18-6-4-3-5-7-18/h3-11,14-15H,2,12-13H2,1H3,(H2,21,23,25). The van der Waals surface area contributed by atoms with Gasteiger partial charge in [-0.15, -0.1) is 0 Å². The van der Waals surface area contributed by atoms with E-state index in [9.17, 15) is 4.79 Å². The molecule has 2 amide bonds. The highest BCUT2D eigenvalue weighted by Gasteiger charge is 2.04. The van der Waals surface area contributed by atoms with Gasteiger partial charge in [-0.3, -0.25) is 0 Å². The van der Waals surface area contributed by atoms with Gasteiger partial charge in [0.15, 0.2) is 0 Å². The van der Waals surface area contributed by atoms with Gasteiger partial charge >= 0.3 is 6.03 Å². The van der Waals surface area contributed by atoms with Gasteiger partial charge in [-0.05, 0) is 55.3 Å². The van der Waals surface area contributed by atoms with Crippen LogP contribution in [0.15, 0.2) is 67.0 Å². The zero-order chi connectivity index (χ0) is 18.2. The van der Waals surface area contributed by atoms with Crippen molar-refractivity contribution in [3.63, 3.8) is 0 Å². The topological polar surface area (TPSA) is 68.2 Å². The van der Waals surface area contributed by atoms with Gasteiger partial charge in [0.2, 0.25) is 0 Å². The lowest BCUT2D eigenvalue weighted by molar-refractivity contribution is 0.252. The van der Waals surface area contributed by atoms with Crippen LogP contribution in [0.5, 0.6) is 5.75 Å². The Hall–Kier alpha value is -3.28. The van der Waals surface area contributed by atoms with Gasteiger partial charge in [-0.1, -0.05) is 18.2 Å². The van der Waals surface area contributed by atoms with Crippen molar-refractivity contribution in [2.75, 3.05) is 18.5 Å². The van der Waals surface area contributed by atoms with Gasteiger partial charge in [-0.2, -0.15) is 5.10 Å². The SMILES string of the molecule is CCOc1ccc(NC(=O)NCCc2cnn(-c3ccccc3)c2)cc1. The molecule has 2 aromatic carbocycles. The maximum Gasteiger partial charge on any atom is 0.319 e. The van der Waals surface area contributed by atoms with Gasteiger partial charge in [0.05, 0.1) is 18.5 Å². The van der Waals surface area contributed by atoms with Crippen LogP contribution in [0, 0.1) is 0 Å². The third-order valence-corrected chi connectivity index (χ3v) is 3.78. The summed E-state index contributed by atoms with van der Waals surface area (Å²) in [4.78, 5) is 12.0. The summed E-state index contributed by atoms with van der Waals surface area (Å²) >= 11 is 0. The van der Waals surface area contributed by atoms with Gasteiger partial charge in [0, 0.05) is 18.4 Å². The van der Waals surface area contributed by atoms with E-state index in [0.717, 1.165) is 22.7 Å². The highest BCUT2D eigenvalue weighted by molar-refractivity contribution is 5.89. The van der Waals surface area contributed by atoms with Gasteiger partial charge in [0.1, 0.15) is 5.75 Å². The molecule has 6 heteroatoms. The van der Waals surface area contributed by atoms with Crippen molar-refractivity contribution in [1.82, 2.24) is 15.1 Å². The van der Waals surface area contributed by atoms with Crippen LogP contribution in [0.1, 0.15) is 12.5 Å². The fraction of sp³-hybridized carbons (Fsp3) is 0.200. The average Bonchev–Trinajstić information content (AvgIpc) is 3.13. The third kappa shape index (κ3) is 4.86. The summed E-state index contributed by atoms with van der Waals surface area (Å²) in [6.45, 7) is 3.08.